The molecule has 0 aromatic carbocycles. The lowest BCUT2D eigenvalue weighted by molar-refractivity contribution is -0.126. The Morgan fingerprint density at radius 2 is 2.05 bits per heavy atom. The van der Waals surface area contributed by atoms with Gasteiger partial charge in [-0.1, -0.05) is 6.92 Å². The van der Waals surface area contributed by atoms with Gasteiger partial charge in [0, 0.05) is 24.5 Å². The lowest BCUT2D eigenvalue weighted by Crippen LogP contribution is -2.46. The molecular formula is C16H26N4O2. The van der Waals surface area contributed by atoms with Crippen LogP contribution < -0.4 is 11.0 Å². The van der Waals surface area contributed by atoms with Crippen LogP contribution in [0.3, 0.4) is 0 Å². The zero-order chi connectivity index (χ0) is 16.1. The van der Waals surface area contributed by atoms with Crippen molar-refractivity contribution in [1.29, 1.82) is 0 Å². The van der Waals surface area contributed by atoms with Gasteiger partial charge < -0.3 is 5.32 Å². The molecule has 1 unspecified atom stereocenters. The summed E-state index contributed by atoms with van der Waals surface area (Å²) in [5, 5.41) is 2.96. The summed E-state index contributed by atoms with van der Waals surface area (Å²) in [4.78, 5) is 30.4. The molecule has 6 heteroatoms. The Kier molecular flexibility index (Phi) is 5.71. The summed E-state index contributed by atoms with van der Waals surface area (Å²) in [7, 11) is 0. The average Bonchev–Trinajstić information content (AvgIpc) is 2.96. The molecule has 1 amide bonds. The van der Waals surface area contributed by atoms with Crippen molar-refractivity contribution in [3.05, 3.63) is 27.9 Å². The van der Waals surface area contributed by atoms with Crippen LogP contribution >= 0.6 is 0 Å². The van der Waals surface area contributed by atoms with Gasteiger partial charge in [0.1, 0.15) is 0 Å². The summed E-state index contributed by atoms with van der Waals surface area (Å²) in [6, 6.07) is 1.83. The number of nitrogens with zero attached hydrogens (tertiary/aromatic N) is 3. The number of amides is 1. The quantitative estimate of drug-likeness (QED) is 0.846. The Morgan fingerprint density at radius 1 is 1.36 bits per heavy atom. The summed E-state index contributed by atoms with van der Waals surface area (Å²) in [5.74, 6) is 0.0650. The van der Waals surface area contributed by atoms with Crippen molar-refractivity contribution in [2.45, 2.75) is 52.6 Å². The molecule has 1 aliphatic rings. The van der Waals surface area contributed by atoms with Crippen molar-refractivity contribution in [3.63, 3.8) is 0 Å². The van der Waals surface area contributed by atoms with Gasteiger partial charge in [0.2, 0.25) is 5.91 Å². The van der Waals surface area contributed by atoms with Crippen LogP contribution in [0.15, 0.2) is 10.9 Å². The van der Waals surface area contributed by atoms with E-state index in [1.54, 1.807) is 4.57 Å². The summed E-state index contributed by atoms with van der Waals surface area (Å²) in [5.41, 5.74) is 1.35. The minimum Gasteiger partial charge on any atom is -0.353 e. The number of rotatable bonds is 6. The van der Waals surface area contributed by atoms with E-state index in [4.69, 9.17) is 0 Å². The minimum absolute atomic E-state index is 0.0449. The smallest absolute Gasteiger partial charge is 0.348 e. The van der Waals surface area contributed by atoms with Gasteiger partial charge in [0.25, 0.3) is 0 Å². The second-order valence-electron chi connectivity index (χ2n) is 5.93. The Hall–Kier alpha value is -1.69. The first kappa shape index (κ1) is 16.7. The highest BCUT2D eigenvalue weighted by Crippen LogP contribution is 2.14. The number of carbonyl (C=O) groups is 1. The van der Waals surface area contributed by atoms with Gasteiger partial charge in [-0.2, -0.15) is 4.98 Å². The van der Waals surface area contributed by atoms with E-state index >= 15 is 0 Å². The predicted molar refractivity (Wildman–Crippen MR) is 85.9 cm³/mol. The average molecular weight is 306 g/mol. The standard InChI is InChI=1S/C16H26N4O2/c1-4-14(19-8-5-6-9-19)15(21)17-7-10-20-13(3)11-12(2)18-16(20)22/h11,14H,4-10H2,1-3H3,(H,17,21). The molecule has 2 heterocycles. The molecule has 1 aliphatic heterocycles. The zero-order valence-corrected chi connectivity index (χ0v) is 13.8. The zero-order valence-electron chi connectivity index (χ0n) is 13.8. The van der Waals surface area contributed by atoms with Gasteiger partial charge >= 0.3 is 5.69 Å². The molecule has 1 saturated heterocycles. The highest BCUT2D eigenvalue weighted by molar-refractivity contribution is 5.81. The second-order valence-corrected chi connectivity index (χ2v) is 5.93. The van der Waals surface area contributed by atoms with E-state index in [0.717, 1.165) is 30.9 Å². The maximum atomic E-state index is 12.3. The van der Waals surface area contributed by atoms with Crippen LogP contribution in [0.4, 0.5) is 0 Å². The Labute approximate surface area is 131 Å². The highest BCUT2D eigenvalue weighted by Gasteiger charge is 2.26. The SMILES string of the molecule is CCC(C(=O)NCCn1c(C)cc(C)nc1=O)N1CCCC1. The molecule has 1 fully saturated rings. The van der Waals surface area contributed by atoms with Crippen molar-refractivity contribution in [1.82, 2.24) is 19.8 Å². The molecule has 2 rings (SSSR count). The fourth-order valence-corrected chi connectivity index (χ4v) is 3.12. The molecule has 0 saturated carbocycles. The largest absolute Gasteiger partial charge is 0.353 e. The highest BCUT2D eigenvalue weighted by atomic mass is 16.2. The van der Waals surface area contributed by atoms with E-state index in [2.05, 4.69) is 15.2 Å². The van der Waals surface area contributed by atoms with Crippen LogP contribution in [0.2, 0.25) is 0 Å². The first-order valence-corrected chi connectivity index (χ1v) is 8.09. The van der Waals surface area contributed by atoms with Gasteiger partial charge in [-0.15, -0.1) is 0 Å². The number of hydrogen-bond acceptors (Lipinski definition) is 4. The van der Waals surface area contributed by atoms with E-state index in [0.29, 0.717) is 13.1 Å². The molecule has 0 radical (unpaired) electrons. The number of aromatic nitrogens is 2. The Morgan fingerprint density at radius 3 is 2.64 bits per heavy atom. The van der Waals surface area contributed by atoms with Crippen LogP contribution in [-0.4, -0.2) is 46.0 Å². The van der Waals surface area contributed by atoms with Crippen molar-refractivity contribution >= 4 is 5.91 Å². The molecule has 22 heavy (non-hydrogen) atoms. The molecule has 1 N–H and O–H groups in total. The normalized spacial score (nSPS) is 16.7. The van der Waals surface area contributed by atoms with E-state index < -0.39 is 0 Å². The lowest BCUT2D eigenvalue weighted by Gasteiger charge is -2.25. The molecule has 0 bridgehead atoms. The number of likely N-dealkylation sites (tertiary alicyclic amines) is 1. The van der Waals surface area contributed by atoms with E-state index in [-0.39, 0.29) is 17.6 Å². The van der Waals surface area contributed by atoms with Crippen molar-refractivity contribution in [2.24, 2.45) is 0 Å². The van der Waals surface area contributed by atoms with Crippen molar-refractivity contribution < 1.29 is 4.79 Å². The molecule has 1 aromatic heterocycles. The number of hydrogen-bond donors (Lipinski definition) is 1. The Balaban J connectivity index is 1.90. The molecule has 0 spiro atoms. The molecule has 6 nitrogen and oxygen atoms in total. The van der Waals surface area contributed by atoms with E-state index in [1.807, 2.05) is 26.8 Å². The topological polar surface area (TPSA) is 67.2 Å². The van der Waals surface area contributed by atoms with Crippen LogP contribution in [0, 0.1) is 13.8 Å². The molecule has 0 aliphatic carbocycles. The second kappa shape index (κ2) is 7.54. The molecule has 1 atom stereocenters. The minimum atomic E-state index is -0.252. The lowest BCUT2D eigenvalue weighted by atomic mass is 10.2. The van der Waals surface area contributed by atoms with E-state index in [1.165, 1.54) is 12.8 Å². The fourth-order valence-electron chi connectivity index (χ4n) is 3.12. The monoisotopic (exact) mass is 306 g/mol. The van der Waals surface area contributed by atoms with Gasteiger partial charge in [0.05, 0.1) is 6.04 Å². The molecule has 1 aromatic rings. The third-order valence-corrected chi connectivity index (χ3v) is 4.25. The third-order valence-electron chi connectivity index (χ3n) is 4.25. The summed E-state index contributed by atoms with van der Waals surface area (Å²) in [6.07, 6.45) is 3.16. The van der Waals surface area contributed by atoms with Gasteiger partial charge in [-0.3, -0.25) is 14.3 Å². The number of nitrogens with one attached hydrogen (secondary N) is 1. The van der Waals surface area contributed by atoms with Crippen LogP contribution in [0.1, 0.15) is 37.6 Å². The summed E-state index contributed by atoms with van der Waals surface area (Å²) in [6.45, 7) is 8.66. The Bertz CT molecular complexity index is 576. The first-order valence-electron chi connectivity index (χ1n) is 8.09. The maximum absolute atomic E-state index is 12.3. The van der Waals surface area contributed by atoms with Crippen LogP contribution in [0.25, 0.3) is 0 Å². The van der Waals surface area contributed by atoms with Crippen LogP contribution in [0.5, 0.6) is 0 Å². The number of aryl methyl sites for hydroxylation is 2. The van der Waals surface area contributed by atoms with Crippen molar-refractivity contribution in [2.75, 3.05) is 19.6 Å². The third kappa shape index (κ3) is 3.94. The first-order chi connectivity index (χ1) is 10.5. The van der Waals surface area contributed by atoms with Crippen molar-refractivity contribution in [3.8, 4) is 0 Å². The predicted octanol–water partition coefficient (Wildman–Crippen LogP) is 0.851. The summed E-state index contributed by atoms with van der Waals surface area (Å²) < 4.78 is 1.60. The summed E-state index contributed by atoms with van der Waals surface area (Å²) >= 11 is 0. The van der Waals surface area contributed by atoms with Gasteiger partial charge in [-0.05, 0) is 52.3 Å². The molecular weight excluding hydrogens is 280 g/mol. The fraction of sp³-hybridized carbons (Fsp3) is 0.688. The van der Waals surface area contributed by atoms with E-state index in [9.17, 15) is 9.59 Å². The maximum Gasteiger partial charge on any atom is 0.348 e. The van der Waals surface area contributed by atoms with Gasteiger partial charge in [-0.25, -0.2) is 4.79 Å². The molecule has 122 valence electrons. The number of carbonyl (C=O) groups excluding carboxylic acids is 1. The van der Waals surface area contributed by atoms with Crippen LogP contribution in [-0.2, 0) is 11.3 Å². The van der Waals surface area contributed by atoms with Gasteiger partial charge in [0.15, 0.2) is 0 Å².